The fourth-order valence-corrected chi connectivity index (χ4v) is 6.17. The highest BCUT2D eigenvalue weighted by molar-refractivity contribution is 5.73. The van der Waals surface area contributed by atoms with Gasteiger partial charge in [0.1, 0.15) is 91.4 Å². The molecule has 2 amide bonds. The van der Waals surface area contributed by atoms with E-state index in [4.69, 9.17) is 33.2 Å². The van der Waals surface area contributed by atoms with Gasteiger partial charge in [-0.25, -0.2) is 0 Å². The molecular weight excluding hydrogens is 684 g/mol. The molecular formula is C28H48N2O20. The number of aliphatic hydroxyl groups is 11. The second kappa shape index (κ2) is 17.4. The average Bonchev–Trinajstić information content (AvgIpc) is 3.06. The Morgan fingerprint density at radius 1 is 0.560 bits per heavy atom. The van der Waals surface area contributed by atoms with Gasteiger partial charge in [0.05, 0.1) is 25.9 Å². The Morgan fingerprint density at radius 2 is 1.10 bits per heavy atom. The molecule has 4 aliphatic rings. The lowest BCUT2D eigenvalue weighted by Crippen LogP contribution is -2.69. The van der Waals surface area contributed by atoms with E-state index in [2.05, 4.69) is 10.6 Å². The molecule has 0 saturated carbocycles. The zero-order valence-electron chi connectivity index (χ0n) is 27.3. The third kappa shape index (κ3) is 8.87. The van der Waals surface area contributed by atoms with Gasteiger partial charge < -0.3 is 100.0 Å². The number of ether oxygens (including phenoxy) is 7. The lowest BCUT2D eigenvalue weighted by molar-refractivity contribution is -0.381. The van der Waals surface area contributed by atoms with Crippen LogP contribution in [0.1, 0.15) is 20.8 Å². The Kier molecular flexibility index (Phi) is 14.2. The molecule has 4 heterocycles. The molecule has 0 aliphatic carbocycles. The second-order valence-electron chi connectivity index (χ2n) is 12.6. The van der Waals surface area contributed by atoms with Crippen molar-refractivity contribution in [2.45, 2.75) is 143 Å². The highest BCUT2D eigenvalue weighted by Crippen LogP contribution is 2.33. The van der Waals surface area contributed by atoms with E-state index < -0.39 is 154 Å². The Balaban J connectivity index is 1.58. The smallest absolute Gasteiger partial charge is 0.217 e. The molecule has 0 bridgehead atoms. The molecule has 50 heavy (non-hydrogen) atoms. The third-order valence-electron chi connectivity index (χ3n) is 8.95. The van der Waals surface area contributed by atoms with Gasteiger partial charge in [0, 0.05) is 13.8 Å². The first-order chi connectivity index (χ1) is 23.5. The molecule has 4 aliphatic heterocycles. The molecule has 13 N–H and O–H groups in total. The summed E-state index contributed by atoms with van der Waals surface area (Å²) in [5.41, 5.74) is 0. The van der Waals surface area contributed by atoms with Gasteiger partial charge in [-0.05, 0) is 6.92 Å². The monoisotopic (exact) mass is 732 g/mol. The average molecular weight is 733 g/mol. The van der Waals surface area contributed by atoms with Crippen molar-refractivity contribution in [1.29, 1.82) is 0 Å². The molecule has 22 nitrogen and oxygen atoms in total. The summed E-state index contributed by atoms with van der Waals surface area (Å²) in [7, 11) is 0. The van der Waals surface area contributed by atoms with Crippen molar-refractivity contribution in [3.05, 3.63) is 0 Å². The van der Waals surface area contributed by atoms with E-state index >= 15 is 0 Å². The predicted molar refractivity (Wildman–Crippen MR) is 156 cm³/mol. The standard InChI is InChI=1S/C28H48N2O20/c1-7-15(35)20(40)22(42)27(45-7)50-24-21(41)17(37)11(5-32)48-28(24)49-23-14(30-9(3)34)25(43)46-12(18(23)38)6-44-26-13(29-8(2)33)19(39)16(36)10(4-31)47-26/h7,10-28,31-32,35-43H,4-6H2,1-3H3,(H,29,33)(H,30,34)/t7-,10+,11+,12+,13+,14+,15+,16+,17-,18-,19+,20+,21-,22-,23+,24+,25-,26+,27-,28-/m0/s1. The Hall–Kier alpha value is -1.78. The minimum atomic E-state index is -1.93. The van der Waals surface area contributed by atoms with E-state index in [1.54, 1.807) is 0 Å². The number of carbonyl (C=O) groups is 2. The first-order valence-corrected chi connectivity index (χ1v) is 15.9. The van der Waals surface area contributed by atoms with Crippen molar-refractivity contribution >= 4 is 11.8 Å². The van der Waals surface area contributed by atoms with Crippen LogP contribution >= 0.6 is 0 Å². The number of hydrogen-bond donors (Lipinski definition) is 13. The number of amides is 2. The summed E-state index contributed by atoms with van der Waals surface area (Å²) < 4.78 is 39.4. The summed E-state index contributed by atoms with van der Waals surface area (Å²) >= 11 is 0. The first-order valence-electron chi connectivity index (χ1n) is 15.9. The zero-order chi connectivity index (χ0) is 37.2. The number of rotatable bonds is 11. The molecule has 0 aromatic carbocycles. The molecule has 4 saturated heterocycles. The van der Waals surface area contributed by atoms with Gasteiger partial charge >= 0.3 is 0 Å². The molecule has 290 valence electrons. The molecule has 4 fully saturated rings. The molecule has 4 rings (SSSR count). The van der Waals surface area contributed by atoms with Crippen molar-refractivity contribution in [3.63, 3.8) is 0 Å². The maximum atomic E-state index is 12.1. The summed E-state index contributed by atoms with van der Waals surface area (Å²) in [6.07, 6.45) is -30.1. The maximum Gasteiger partial charge on any atom is 0.217 e. The molecule has 0 aromatic heterocycles. The van der Waals surface area contributed by atoms with Crippen molar-refractivity contribution < 1.29 is 98.9 Å². The number of carbonyl (C=O) groups excluding carboxylic acids is 2. The van der Waals surface area contributed by atoms with E-state index in [1.807, 2.05) is 0 Å². The van der Waals surface area contributed by atoms with Crippen molar-refractivity contribution in [1.82, 2.24) is 10.6 Å². The zero-order valence-corrected chi connectivity index (χ0v) is 27.3. The minimum absolute atomic E-state index is 0.638. The minimum Gasteiger partial charge on any atom is -0.394 e. The van der Waals surface area contributed by atoms with Crippen molar-refractivity contribution in [3.8, 4) is 0 Å². The summed E-state index contributed by atoms with van der Waals surface area (Å²) in [5.74, 6) is -1.35. The van der Waals surface area contributed by atoms with Crippen molar-refractivity contribution in [2.75, 3.05) is 19.8 Å². The lowest BCUT2D eigenvalue weighted by Gasteiger charge is -2.49. The van der Waals surface area contributed by atoms with Gasteiger partial charge in [0.2, 0.25) is 11.8 Å². The van der Waals surface area contributed by atoms with E-state index in [-0.39, 0.29) is 0 Å². The van der Waals surface area contributed by atoms with Crippen LogP contribution in [0.4, 0.5) is 0 Å². The van der Waals surface area contributed by atoms with Gasteiger partial charge in [-0.15, -0.1) is 0 Å². The van der Waals surface area contributed by atoms with Crippen LogP contribution in [0.3, 0.4) is 0 Å². The third-order valence-corrected chi connectivity index (χ3v) is 8.95. The van der Waals surface area contributed by atoms with E-state index in [9.17, 15) is 65.8 Å². The fraction of sp³-hybridized carbons (Fsp3) is 0.929. The Morgan fingerprint density at radius 3 is 1.68 bits per heavy atom. The highest BCUT2D eigenvalue weighted by Gasteiger charge is 2.54. The van der Waals surface area contributed by atoms with Crippen LogP contribution in [-0.4, -0.2) is 211 Å². The summed E-state index contributed by atoms with van der Waals surface area (Å²) in [4.78, 5) is 23.9. The number of nitrogens with one attached hydrogen (secondary N) is 2. The van der Waals surface area contributed by atoms with Crippen molar-refractivity contribution in [2.24, 2.45) is 0 Å². The van der Waals surface area contributed by atoms with Gasteiger partial charge in [0.15, 0.2) is 25.2 Å². The maximum absolute atomic E-state index is 12.1. The summed E-state index contributed by atoms with van der Waals surface area (Å²) in [6, 6.07) is -2.92. The quantitative estimate of drug-likeness (QED) is 0.0938. The van der Waals surface area contributed by atoms with Crippen LogP contribution in [0, 0.1) is 0 Å². The van der Waals surface area contributed by atoms with Gasteiger partial charge in [-0.3, -0.25) is 9.59 Å². The topological polar surface area (TPSA) is 345 Å². The van der Waals surface area contributed by atoms with Crippen LogP contribution in [0.25, 0.3) is 0 Å². The van der Waals surface area contributed by atoms with Crippen LogP contribution in [0.5, 0.6) is 0 Å². The predicted octanol–water partition coefficient (Wildman–Crippen LogP) is -8.43. The normalized spacial score (nSPS) is 48.5. The van der Waals surface area contributed by atoms with E-state index in [1.165, 1.54) is 6.92 Å². The lowest BCUT2D eigenvalue weighted by atomic mass is 9.95. The number of hydrogen-bond acceptors (Lipinski definition) is 20. The van der Waals surface area contributed by atoms with Gasteiger partial charge in [0.25, 0.3) is 0 Å². The molecule has 0 aromatic rings. The van der Waals surface area contributed by atoms with E-state index in [0.717, 1.165) is 13.8 Å². The Bertz CT molecular complexity index is 1130. The van der Waals surface area contributed by atoms with Crippen LogP contribution in [0.2, 0.25) is 0 Å². The Labute approximate surface area is 285 Å². The van der Waals surface area contributed by atoms with Crippen LogP contribution in [0.15, 0.2) is 0 Å². The molecule has 22 heteroatoms. The number of aliphatic hydroxyl groups excluding tert-OH is 11. The molecule has 20 atom stereocenters. The summed E-state index contributed by atoms with van der Waals surface area (Å²) in [5, 5.41) is 120. The van der Waals surface area contributed by atoms with Crippen LogP contribution < -0.4 is 10.6 Å². The SMILES string of the molecule is CC(=O)N[C@@H]1[C@@H](O[C@@H]2O[C@H](CO)[C@H](O)[C@H](O)[C@H]2O[C@@H]2O[C@@H](C)[C@@H](O)[C@@H](O)[C@@H]2O)[C@@H](O)[C@@H](CO[C@@H]2O[C@H](CO)[C@@H](O)[C@H](O)[C@H]2NC(C)=O)O[C@@H]1O. The second-order valence-corrected chi connectivity index (χ2v) is 12.6. The first kappa shape index (κ1) is 41.0. The largest absolute Gasteiger partial charge is 0.394 e. The highest BCUT2D eigenvalue weighted by atomic mass is 16.8. The van der Waals surface area contributed by atoms with Crippen LogP contribution in [-0.2, 0) is 42.7 Å². The fourth-order valence-electron chi connectivity index (χ4n) is 6.17. The molecule has 0 unspecified atom stereocenters. The molecule has 0 radical (unpaired) electrons. The van der Waals surface area contributed by atoms with Gasteiger partial charge in [-0.2, -0.15) is 0 Å². The molecule has 0 spiro atoms. The van der Waals surface area contributed by atoms with Gasteiger partial charge in [-0.1, -0.05) is 0 Å². The van der Waals surface area contributed by atoms with E-state index in [0.29, 0.717) is 0 Å². The summed E-state index contributed by atoms with van der Waals surface area (Å²) in [6.45, 7) is 1.29.